The van der Waals surface area contributed by atoms with Crippen LogP contribution in [0.3, 0.4) is 0 Å². The number of carbonyl (C=O) groups excluding carboxylic acids is 1. The van der Waals surface area contributed by atoms with Gasteiger partial charge in [0, 0.05) is 12.8 Å². The summed E-state index contributed by atoms with van der Waals surface area (Å²) < 4.78 is 5.20. The Hall–Kier alpha value is -1.55. The molecule has 0 fully saturated rings. The van der Waals surface area contributed by atoms with Gasteiger partial charge >= 0.3 is 11.9 Å². The van der Waals surface area contributed by atoms with Gasteiger partial charge in [-0.2, -0.15) is 0 Å². The molecule has 0 aliphatic heterocycles. The summed E-state index contributed by atoms with van der Waals surface area (Å²) >= 11 is 5.76. The Morgan fingerprint density at radius 3 is 2.44 bits per heavy atom. The zero-order valence-electron chi connectivity index (χ0n) is 9.84. The van der Waals surface area contributed by atoms with Gasteiger partial charge in [-0.1, -0.05) is 30.3 Å². The maximum Gasteiger partial charge on any atom is 0.306 e. The fourth-order valence-corrected chi connectivity index (χ4v) is 1.70. The Kier molecular flexibility index (Phi) is 6.22. The van der Waals surface area contributed by atoms with E-state index < -0.39 is 18.0 Å². The molecule has 98 valence electrons. The van der Waals surface area contributed by atoms with Crippen molar-refractivity contribution in [3.05, 3.63) is 35.9 Å². The molecule has 0 saturated heterocycles. The van der Waals surface area contributed by atoms with Gasteiger partial charge in [-0.3, -0.25) is 9.59 Å². The van der Waals surface area contributed by atoms with Gasteiger partial charge in [0.1, 0.15) is 6.10 Å². The van der Waals surface area contributed by atoms with Crippen molar-refractivity contribution in [2.75, 3.05) is 5.88 Å². The molecule has 0 aliphatic carbocycles. The lowest BCUT2D eigenvalue weighted by Crippen LogP contribution is -2.13. The van der Waals surface area contributed by atoms with Crippen LogP contribution in [0.25, 0.3) is 0 Å². The number of hydrogen-bond acceptors (Lipinski definition) is 3. The van der Waals surface area contributed by atoms with Crippen LogP contribution in [0, 0.1) is 0 Å². The normalized spacial score (nSPS) is 11.8. The number of aliphatic carboxylic acids is 1. The quantitative estimate of drug-likeness (QED) is 0.611. The minimum absolute atomic E-state index is 0.0357. The second-order valence-corrected chi connectivity index (χ2v) is 4.10. The zero-order valence-corrected chi connectivity index (χ0v) is 10.6. The third-order valence-electron chi connectivity index (χ3n) is 2.36. The zero-order chi connectivity index (χ0) is 13.4. The van der Waals surface area contributed by atoms with E-state index in [0.717, 1.165) is 5.56 Å². The van der Waals surface area contributed by atoms with Crippen molar-refractivity contribution in [1.29, 1.82) is 0 Å². The van der Waals surface area contributed by atoms with Crippen molar-refractivity contribution in [3.8, 4) is 0 Å². The van der Waals surface area contributed by atoms with Crippen LogP contribution in [0.4, 0.5) is 0 Å². The fourth-order valence-electron chi connectivity index (χ4n) is 1.46. The predicted octanol–water partition coefficient (Wildman–Crippen LogP) is 2.76. The predicted molar refractivity (Wildman–Crippen MR) is 67.5 cm³/mol. The molecule has 0 spiro atoms. The number of carbonyl (C=O) groups is 2. The third kappa shape index (κ3) is 5.19. The van der Waals surface area contributed by atoms with Gasteiger partial charge < -0.3 is 9.84 Å². The molecule has 4 nitrogen and oxygen atoms in total. The van der Waals surface area contributed by atoms with E-state index in [1.54, 1.807) is 0 Å². The van der Waals surface area contributed by atoms with E-state index in [1.165, 1.54) is 0 Å². The molecule has 0 aromatic heterocycles. The highest BCUT2D eigenvalue weighted by molar-refractivity contribution is 6.18. The maximum absolute atomic E-state index is 11.5. The molecule has 1 unspecified atom stereocenters. The van der Waals surface area contributed by atoms with Crippen LogP contribution < -0.4 is 0 Å². The molecule has 0 radical (unpaired) electrons. The largest absolute Gasteiger partial charge is 0.481 e. The van der Waals surface area contributed by atoms with E-state index in [9.17, 15) is 9.59 Å². The highest BCUT2D eigenvalue weighted by Gasteiger charge is 2.15. The van der Waals surface area contributed by atoms with Gasteiger partial charge in [0.2, 0.25) is 0 Å². The first kappa shape index (κ1) is 14.5. The minimum atomic E-state index is -0.917. The lowest BCUT2D eigenvalue weighted by atomic mass is 10.1. The summed E-state index contributed by atoms with van der Waals surface area (Å²) in [7, 11) is 0. The first-order chi connectivity index (χ1) is 8.63. The summed E-state index contributed by atoms with van der Waals surface area (Å²) in [5, 5.41) is 8.46. The van der Waals surface area contributed by atoms with Crippen molar-refractivity contribution in [2.24, 2.45) is 0 Å². The number of hydrogen-bond donors (Lipinski definition) is 1. The second-order valence-electron chi connectivity index (χ2n) is 3.79. The molecule has 5 heteroatoms. The summed E-state index contributed by atoms with van der Waals surface area (Å²) in [4.78, 5) is 21.8. The second kappa shape index (κ2) is 7.71. The van der Waals surface area contributed by atoms with Crippen LogP contribution in [0.15, 0.2) is 30.3 Å². The number of carboxylic acid groups (broad SMARTS) is 1. The third-order valence-corrected chi connectivity index (χ3v) is 2.64. The molecule has 1 atom stereocenters. The summed E-state index contributed by atoms with van der Waals surface area (Å²) in [5.74, 6) is -1.17. The summed E-state index contributed by atoms with van der Waals surface area (Å²) in [6, 6.07) is 9.21. The van der Waals surface area contributed by atoms with Crippen molar-refractivity contribution in [2.45, 2.75) is 25.4 Å². The van der Waals surface area contributed by atoms with Crippen molar-refractivity contribution >= 4 is 23.5 Å². The fraction of sp³-hybridized carbons (Fsp3) is 0.385. The van der Waals surface area contributed by atoms with E-state index in [1.807, 2.05) is 30.3 Å². The molecule has 1 aromatic rings. The van der Waals surface area contributed by atoms with Crippen LogP contribution in [-0.4, -0.2) is 22.9 Å². The molecule has 0 saturated carbocycles. The van der Waals surface area contributed by atoms with Crippen molar-refractivity contribution < 1.29 is 19.4 Å². The molecule has 1 N–H and O–H groups in total. The van der Waals surface area contributed by atoms with Gasteiger partial charge in [-0.25, -0.2) is 0 Å². The van der Waals surface area contributed by atoms with Gasteiger partial charge in [-0.05, 0) is 12.0 Å². The molecule has 0 amide bonds. The topological polar surface area (TPSA) is 63.6 Å². The van der Waals surface area contributed by atoms with Crippen molar-refractivity contribution in [3.63, 3.8) is 0 Å². The number of halogens is 1. The summed E-state index contributed by atoms with van der Waals surface area (Å²) in [6.07, 6.45) is -0.151. The van der Waals surface area contributed by atoms with Gasteiger partial charge in [0.05, 0.1) is 5.88 Å². The van der Waals surface area contributed by atoms with Crippen LogP contribution in [-0.2, 0) is 14.3 Å². The number of ether oxygens (including phenoxy) is 1. The SMILES string of the molecule is O=C(O)CCCC(=O)OC(CCl)c1ccccc1. The molecule has 1 rings (SSSR count). The highest BCUT2D eigenvalue weighted by atomic mass is 35.5. The van der Waals surface area contributed by atoms with Crippen molar-refractivity contribution in [1.82, 2.24) is 0 Å². The Morgan fingerprint density at radius 2 is 1.89 bits per heavy atom. The Balaban J connectivity index is 2.44. The Bertz CT molecular complexity index is 391. The van der Waals surface area contributed by atoms with E-state index in [2.05, 4.69) is 0 Å². The number of benzene rings is 1. The van der Waals surface area contributed by atoms with Crippen LogP contribution >= 0.6 is 11.6 Å². The Labute approximate surface area is 111 Å². The van der Waals surface area contributed by atoms with Crippen LogP contribution in [0.2, 0.25) is 0 Å². The van der Waals surface area contributed by atoms with Gasteiger partial charge in [0.25, 0.3) is 0 Å². The molecule has 1 aromatic carbocycles. The molecule has 18 heavy (non-hydrogen) atoms. The van der Waals surface area contributed by atoms with E-state index in [4.69, 9.17) is 21.4 Å². The molecule has 0 heterocycles. The summed E-state index contributed by atoms with van der Waals surface area (Å²) in [5.41, 5.74) is 0.832. The van der Waals surface area contributed by atoms with E-state index in [-0.39, 0.29) is 25.1 Å². The average Bonchev–Trinajstić information content (AvgIpc) is 2.36. The monoisotopic (exact) mass is 270 g/mol. The number of carboxylic acids is 1. The number of esters is 1. The molecular weight excluding hydrogens is 256 g/mol. The lowest BCUT2D eigenvalue weighted by molar-refractivity contribution is -0.148. The van der Waals surface area contributed by atoms with Gasteiger partial charge in [-0.15, -0.1) is 11.6 Å². The van der Waals surface area contributed by atoms with Crippen LogP contribution in [0.1, 0.15) is 30.9 Å². The first-order valence-electron chi connectivity index (χ1n) is 5.65. The van der Waals surface area contributed by atoms with E-state index >= 15 is 0 Å². The average molecular weight is 271 g/mol. The van der Waals surface area contributed by atoms with E-state index in [0.29, 0.717) is 0 Å². The molecular formula is C13H15ClO4. The summed E-state index contributed by atoms with van der Waals surface area (Å²) in [6.45, 7) is 0. The Morgan fingerprint density at radius 1 is 1.22 bits per heavy atom. The molecule has 0 aliphatic rings. The lowest BCUT2D eigenvalue weighted by Gasteiger charge is -2.15. The number of alkyl halides is 1. The smallest absolute Gasteiger partial charge is 0.306 e. The van der Waals surface area contributed by atoms with Crippen LogP contribution in [0.5, 0.6) is 0 Å². The first-order valence-corrected chi connectivity index (χ1v) is 6.19. The number of rotatable bonds is 7. The highest BCUT2D eigenvalue weighted by Crippen LogP contribution is 2.19. The van der Waals surface area contributed by atoms with Gasteiger partial charge in [0.15, 0.2) is 0 Å². The minimum Gasteiger partial charge on any atom is -0.481 e. The molecule has 0 bridgehead atoms. The standard InChI is InChI=1S/C13H15ClO4/c14-9-11(10-5-2-1-3-6-10)18-13(17)8-4-7-12(15)16/h1-3,5-6,11H,4,7-9H2,(H,15,16). The maximum atomic E-state index is 11.5.